The van der Waals surface area contributed by atoms with Gasteiger partial charge in [0.2, 0.25) is 0 Å². The molecule has 5 rings (SSSR count). The molecule has 1 atom stereocenters. The molecule has 0 bridgehead atoms. The van der Waals surface area contributed by atoms with E-state index in [1.54, 1.807) is 11.1 Å². The van der Waals surface area contributed by atoms with E-state index in [1.807, 2.05) is 12.1 Å². The first-order chi connectivity index (χ1) is 16.9. The van der Waals surface area contributed by atoms with Crippen LogP contribution in [-0.4, -0.2) is 0 Å². The minimum atomic E-state index is -2.77. The Hall–Kier alpha value is -1.31. The molecule has 0 nitrogen and oxygen atoms in total. The van der Waals surface area contributed by atoms with E-state index < -0.39 is 16.6 Å². The summed E-state index contributed by atoms with van der Waals surface area (Å²) in [5.74, 6) is 0. The monoisotopic (exact) mass is 538 g/mol. The van der Waals surface area contributed by atoms with Gasteiger partial charge >= 0.3 is 226 Å². The molecule has 0 saturated heterocycles. The molecule has 0 heterocycles. The topological polar surface area (TPSA) is 0 Å². The predicted octanol–water partition coefficient (Wildman–Crippen LogP) is 11.0. The van der Waals surface area contributed by atoms with Crippen LogP contribution in [-0.2, 0) is 16.6 Å². The van der Waals surface area contributed by atoms with Crippen LogP contribution in [0.3, 0.4) is 0 Å². The zero-order valence-electron chi connectivity index (χ0n) is 21.4. The molecule has 0 radical (unpaired) electrons. The normalized spacial score (nSPS) is 16.5. The van der Waals surface area contributed by atoms with Crippen molar-refractivity contribution in [2.45, 2.75) is 71.3 Å². The van der Waals surface area contributed by atoms with Crippen LogP contribution in [0.2, 0.25) is 19.5 Å². The minimum absolute atomic E-state index is 0.431. The third-order valence-corrected chi connectivity index (χ3v) is 18.6. The molecule has 182 valence electrons. The first-order valence-electron chi connectivity index (χ1n) is 13.3. The summed E-state index contributed by atoms with van der Waals surface area (Å²) in [6.45, 7) is 9.14. The van der Waals surface area contributed by atoms with Crippen molar-refractivity contribution in [2.75, 3.05) is 0 Å². The average Bonchev–Trinajstić information content (AvgIpc) is 3.43. The third-order valence-electron chi connectivity index (χ3n) is 8.46. The predicted molar refractivity (Wildman–Crippen MR) is 151 cm³/mol. The summed E-state index contributed by atoms with van der Waals surface area (Å²) in [6, 6.07) is 18.4. The summed E-state index contributed by atoms with van der Waals surface area (Å²) in [4.78, 5) is 0. The van der Waals surface area contributed by atoms with Crippen molar-refractivity contribution in [1.82, 2.24) is 0 Å². The molecule has 3 aromatic rings. The molecule has 3 heteroatoms. The first kappa shape index (κ1) is 25.3. The fourth-order valence-electron chi connectivity index (χ4n) is 6.85. The Kier molecular flexibility index (Phi) is 7.40. The number of rotatable bonds is 8. The fraction of sp³-hybridized carbons (Fsp3) is 0.375. The SMILES string of the molecule is CCC[CH2][Ti]([CH2]CCC)([CH]1C=Cc2c(Cl)ccc(Cl)c21)[CH]1c2ccc(C)cc2-c2cc(C)ccc21. The van der Waals surface area contributed by atoms with Gasteiger partial charge in [0.1, 0.15) is 0 Å². The van der Waals surface area contributed by atoms with Gasteiger partial charge in [-0.25, -0.2) is 0 Å². The van der Waals surface area contributed by atoms with Gasteiger partial charge in [0.25, 0.3) is 0 Å². The summed E-state index contributed by atoms with van der Waals surface area (Å²) in [7, 11) is 0. The molecule has 2 aliphatic carbocycles. The molecule has 0 aromatic heterocycles. The molecule has 1 unspecified atom stereocenters. The van der Waals surface area contributed by atoms with E-state index in [4.69, 9.17) is 23.2 Å². The second kappa shape index (κ2) is 10.2. The number of aryl methyl sites for hydroxylation is 2. The van der Waals surface area contributed by atoms with E-state index in [0.29, 0.717) is 8.45 Å². The number of fused-ring (bicyclic) bond motifs is 4. The average molecular weight is 539 g/mol. The maximum absolute atomic E-state index is 6.99. The van der Waals surface area contributed by atoms with Crippen molar-refractivity contribution in [3.63, 3.8) is 0 Å². The molecule has 2 aliphatic rings. The van der Waals surface area contributed by atoms with E-state index in [-0.39, 0.29) is 0 Å². The summed E-state index contributed by atoms with van der Waals surface area (Å²) >= 11 is 11.0. The van der Waals surface area contributed by atoms with E-state index in [9.17, 15) is 0 Å². The van der Waals surface area contributed by atoms with Gasteiger partial charge < -0.3 is 0 Å². The van der Waals surface area contributed by atoms with Crippen LogP contribution in [0.1, 0.15) is 81.4 Å². The standard InChI is InChI=1S/C15H13.C9H5Cl2.2C4H9.Ti/c1-10-3-5-12-9-13-6-4-11(2)8-15(13)14(12)7-10;10-8-4-5-9(11)7-3-1-2-6(7)8;2*1-3-4-2;/h3-9H,1-2H3;1-5H;2*1,3-4H2,2H3;. The Morgan fingerprint density at radius 3 is 1.83 bits per heavy atom. The van der Waals surface area contributed by atoms with Gasteiger partial charge in [0.05, 0.1) is 0 Å². The van der Waals surface area contributed by atoms with Gasteiger partial charge in [-0.15, -0.1) is 0 Å². The van der Waals surface area contributed by atoms with Gasteiger partial charge in [-0.2, -0.15) is 0 Å². The van der Waals surface area contributed by atoms with Gasteiger partial charge in [0.15, 0.2) is 0 Å². The van der Waals surface area contributed by atoms with Crippen LogP contribution < -0.4 is 0 Å². The van der Waals surface area contributed by atoms with Crippen LogP contribution in [0.4, 0.5) is 0 Å². The van der Waals surface area contributed by atoms with Crippen LogP contribution >= 0.6 is 23.2 Å². The maximum atomic E-state index is 6.99. The number of hydrogen-bond donors (Lipinski definition) is 0. The number of unbranched alkanes of at least 4 members (excludes halogenated alkanes) is 2. The van der Waals surface area contributed by atoms with Crippen molar-refractivity contribution in [2.24, 2.45) is 0 Å². The summed E-state index contributed by atoms with van der Waals surface area (Å²) in [5, 5.41) is 1.73. The molecule has 0 N–H and O–H groups in total. The zero-order chi connectivity index (χ0) is 24.7. The second-order valence-corrected chi connectivity index (χ2v) is 18.8. The summed E-state index contributed by atoms with van der Waals surface area (Å²) in [6.07, 6.45) is 9.85. The molecule has 35 heavy (non-hydrogen) atoms. The van der Waals surface area contributed by atoms with Crippen molar-refractivity contribution in [3.8, 4) is 11.1 Å². The van der Waals surface area contributed by atoms with E-state index in [0.717, 1.165) is 10.0 Å². The summed E-state index contributed by atoms with van der Waals surface area (Å²) in [5.41, 5.74) is 11.3. The number of allylic oxidation sites excluding steroid dienone is 1. The van der Waals surface area contributed by atoms with Crippen LogP contribution in [0, 0.1) is 13.8 Å². The van der Waals surface area contributed by atoms with E-state index in [2.05, 4.69) is 76.2 Å². The van der Waals surface area contributed by atoms with Gasteiger partial charge in [0, 0.05) is 0 Å². The molecule has 0 saturated carbocycles. The van der Waals surface area contributed by atoms with Crippen LogP contribution in [0.25, 0.3) is 17.2 Å². The molecule has 3 aromatic carbocycles. The molecular weight excluding hydrogens is 503 g/mol. The Balaban J connectivity index is 1.79. The number of benzene rings is 3. The van der Waals surface area contributed by atoms with Gasteiger partial charge in [-0.3, -0.25) is 0 Å². The zero-order valence-corrected chi connectivity index (χ0v) is 24.5. The van der Waals surface area contributed by atoms with Crippen molar-refractivity contribution in [1.29, 1.82) is 0 Å². The second-order valence-electron chi connectivity index (χ2n) is 10.7. The van der Waals surface area contributed by atoms with Crippen molar-refractivity contribution < 1.29 is 16.6 Å². The fourth-order valence-corrected chi connectivity index (χ4v) is 18.3. The Labute approximate surface area is 225 Å². The van der Waals surface area contributed by atoms with Crippen LogP contribution in [0.5, 0.6) is 0 Å². The summed E-state index contributed by atoms with van der Waals surface area (Å²) < 4.78 is 3.67. The molecule has 0 spiro atoms. The molecule has 0 aliphatic heterocycles. The molecule has 0 amide bonds. The van der Waals surface area contributed by atoms with E-state index in [1.165, 1.54) is 68.5 Å². The molecular formula is C32H36Cl2Ti. The Morgan fingerprint density at radius 2 is 1.29 bits per heavy atom. The first-order valence-corrected chi connectivity index (χ1v) is 18.1. The Morgan fingerprint density at radius 1 is 0.743 bits per heavy atom. The number of halogens is 2. The quantitative estimate of drug-likeness (QED) is 0.250. The van der Waals surface area contributed by atoms with Crippen LogP contribution in [0.15, 0.2) is 54.6 Å². The van der Waals surface area contributed by atoms with Gasteiger partial charge in [-0.1, -0.05) is 0 Å². The third kappa shape index (κ3) is 4.29. The number of hydrogen-bond acceptors (Lipinski definition) is 0. The Bertz CT molecular complexity index is 1230. The molecule has 0 fully saturated rings. The van der Waals surface area contributed by atoms with Crippen molar-refractivity contribution >= 4 is 29.3 Å². The van der Waals surface area contributed by atoms with Gasteiger partial charge in [-0.05, 0) is 0 Å². The van der Waals surface area contributed by atoms with Crippen molar-refractivity contribution in [3.05, 3.63) is 98.0 Å². The van der Waals surface area contributed by atoms with E-state index >= 15 is 0 Å².